The molecule has 0 fully saturated rings. The first-order valence-electron chi connectivity index (χ1n) is 16.0. The number of thiophene rings is 1. The van der Waals surface area contributed by atoms with Gasteiger partial charge in [-0.1, -0.05) is 103 Å². The maximum atomic E-state index is 5.33. The van der Waals surface area contributed by atoms with Gasteiger partial charge in [0.05, 0.1) is 34.0 Å². The molecule has 0 bridgehead atoms. The van der Waals surface area contributed by atoms with Crippen molar-refractivity contribution < 1.29 is 0 Å². The second kappa shape index (κ2) is 10.4. The number of nitrogens with zero attached hydrogens (tertiary/aromatic N) is 4. The molecule has 2 unspecified atom stereocenters. The highest BCUT2D eigenvalue weighted by molar-refractivity contribution is 7.26. The van der Waals surface area contributed by atoms with Crippen LogP contribution in [0.25, 0.3) is 59.1 Å². The van der Waals surface area contributed by atoms with Crippen molar-refractivity contribution in [2.24, 2.45) is 4.99 Å². The molecule has 5 heteroatoms. The van der Waals surface area contributed by atoms with Crippen LogP contribution >= 0.6 is 11.3 Å². The average Bonchev–Trinajstić information content (AvgIpc) is 3.82. The van der Waals surface area contributed by atoms with Crippen molar-refractivity contribution in [3.05, 3.63) is 163 Å². The minimum Gasteiger partial charge on any atom is -0.334 e. The Morgan fingerprint density at radius 2 is 1.45 bits per heavy atom. The molecule has 0 spiro atoms. The van der Waals surface area contributed by atoms with E-state index < -0.39 is 0 Å². The molecule has 2 atom stereocenters. The van der Waals surface area contributed by atoms with Gasteiger partial charge in [0.15, 0.2) is 0 Å². The molecule has 47 heavy (non-hydrogen) atoms. The second-order valence-electron chi connectivity index (χ2n) is 12.2. The Bertz CT molecular complexity index is 2590. The van der Waals surface area contributed by atoms with Gasteiger partial charge in [-0.25, -0.2) is 4.98 Å². The second-order valence-corrected chi connectivity index (χ2v) is 13.2. The molecule has 222 valence electrons. The third kappa shape index (κ3) is 4.07. The lowest BCUT2D eigenvalue weighted by Gasteiger charge is -2.31. The smallest absolute Gasteiger partial charge is 0.148 e. The van der Waals surface area contributed by atoms with Crippen molar-refractivity contribution in [1.29, 1.82) is 0 Å². The molecular formula is C42H28N4S. The first-order chi connectivity index (χ1) is 23.3. The van der Waals surface area contributed by atoms with Crippen molar-refractivity contribution in [3.63, 3.8) is 0 Å². The van der Waals surface area contributed by atoms with Crippen molar-refractivity contribution in [3.8, 4) is 16.9 Å². The van der Waals surface area contributed by atoms with Crippen LogP contribution in [0.1, 0.15) is 11.7 Å². The molecule has 1 aliphatic carbocycles. The Morgan fingerprint density at radius 3 is 2.34 bits per heavy atom. The Kier molecular flexibility index (Phi) is 5.84. The van der Waals surface area contributed by atoms with E-state index in [0.717, 1.165) is 44.8 Å². The van der Waals surface area contributed by atoms with Gasteiger partial charge < -0.3 is 9.47 Å². The predicted octanol–water partition coefficient (Wildman–Crippen LogP) is 10.7. The fourth-order valence-electron chi connectivity index (χ4n) is 7.40. The minimum atomic E-state index is -0.111. The van der Waals surface area contributed by atoms with Crippen LogP contribution in [0.2, 0.25) is 0 Å². The third-order valence-electron chi connectivity index (χ3n) is 9.47. The van der Waals surface area contributed by atoms with Gasteiger partial charge in [-0.2, -0.15) is 0 Å². The first kappa shape index (κ1) is 26.4. The lowest BCUT2D eigenvalue weighted by atomic mass is 10.0. The van der Waals surface area contributed by atoms with Gasteiger partial charge in [-0.05, 0) is 60.2 Å². The van der Waals surface area contributed by atoms with Crippen LogP contribution in [-0.4, -0.2) is 21.3 Å². The summed E-state index contributed by atoms with van der Waals surface area (Å²) in [6.45, 7) is 0. The number of benzene rings is 5. The van der Waals surface area contributed by atoms with Gasteiger partial charge in [-0.15, -0.1) is 11.3 Å². The van der Waals surface area contributed by atoms with Gasteiger partial charge in [-0.3, -0.25) is 4.99 Å². The topological polar surface area (TPSA) is 33.4 Å². The Hall–Kier alpha value is -5.78. The molecular weight excluding hydrogens is 593 g/mol. The molecule has 4 heterocycles. The molecule has 1 aliphatic heterocycles. The molecule has 2 aliphatic rings. The maximum absolute atomic E-state index is 5.33. The summed E-state index contributed by atoms with van der Waals surface area (Å²) in [5, 5.41) is 3.72. The number of anilines is 1. The zero-order valence-electron chi connectivity index (χ0n) is 25.4. The highest BCUT2D eigenvalue weighted by Crippen LogP contribution is 2.44. The normalized spacial score (nSPS) is 17.3. The number of aliphatic imine (C=N–C) groups is 1. The van der Waals surface area contributed by atoms with Gasteiger partial charge >= 0.3 is 0 Å². The van der Waals surface area contributed by atoms with Gasteiger partial charge in [0.2, 0.25) is 0 Å². The molecule has 3 aromatic heterocycles. The quantitative estimate of drug-likeness (QED) is 0.196. The van der Waals surface area contributed by atoms with Crippen LogP contribution in [0.15, 0.2) is 163 Å². The Morgan fingerprint density at radius 1 is 0.638 bits per heavy atom. The van der Waals surface area contributed by atoms with E-state index in [-0.39, 0.29) is 12.2 Å². The lowest BCUT2D eigenvalue weighted by Crippen LogP contribution is -2.35. The molecule has 0 N–H and O–H groups in total. The molecule has 4 nitrogen and oxygen atoms in total. The number of allylic oxidation sites excluding steroid dienone is 2. The van der Waals surface area contributed by atoms with E-state index in [1.807, 2.05) is 11.3 Å². The number of pyridine rings is 1. The molecule has 0 radical (unpaired) electrons. The fourth-order valence-corrected chi connectivity index (χ4v) is 8.50. The summed E-state index contributed by atoms with van der Waals surface area (Å²) in [4.78, 5) is 13.0. The molecule has 0 saturated carbocycles. The highest BCUT2D eigenvalue weighted by Gasteiger charge is 2.35. The number of hydrogen-bond donors (Lipinski definition) is 0. The molecule has 8 aromatic rings. The number of aromatic nitrogens is 2. The number of fused-ring (bicyclic) bond motifs is 8. The van der Waals surface area contributed by atoms with Crippen LogP contribution < -0.4 is 4.90 Å². The van der Waals surface area contributed by atoms with Crippen LogP contribution in [-0.2, 0) is 0 Å². The van der Waals surface area contributed by atoms with E-state index in [9.17, 15) is 0 Å². The van der Waals surface area contributed by atoms with E-state index in [1.54, 1.807) is 0 Å². The fraction of sp³-hybridized carbons (Fsp3) is 0.0476. The minimum absolute atomic E-state index is 0.0706. The van der Waals surface area contributed by atoms with Gasteiger partial charge in [0.25, 0.3) is 0 Å². The zero-order valence-corrected chi connectivity index (χ0v) is 26.2. The standard InChI is InChI=1S/C42H28N4S/c1-3-12-27(13-4-1)33-23-24-36-40(43-33)32-22-25-38-39(31-18-7-10-21-37(31)47-38)41(32)45(36)29-16-11-17-30(26-29)46-35-20-9-8-19-34(35)44-42(46)28-14-5-2-6-15-28/h1-26,35,42H. The first-order valence-corrected chi connectivity index (χ1v) is 16.8. The summed E-state index contributed by atoms with van der Waals surface area (Å²) in [5.74, 6) is 0. The van der Waals surface area contributed by atoms with Crippen LogP contribution in [0, 0.1) is 0 Å². The third-order valence-corrected chi connectivity index (χ3v) is 10.6. The van der Waals surface area contributed by atoms with Crippen molar-refractivity contribution in [2.45, 2.75) is 12.2 Å². The van der Waals surface area contributed by atoms with Crippen molar-refractivity contribution in [2.75, 3.05) is 4.90 Å². The van der Waals surface area contributed by atoms with E-state index in [1.165, 1.54) is 31.3 Å². The SMILES string of the molecule is C1=CC2=NC(c3ccccc3)N(c3cccc(-n4c5ccc(-c6ccccc6)nc5c5ccc6sc7ccccc7c6c54)c3)C2C=C1. The van der Waals surface area contributed by atoms with Crippen molar-refractivity contribution >= 4 is 64.8 Å². The zero-order chi connectivity index (χ0) is 30.9. The number of rotatable bonds is 4. The molecule has 10 rings (SSSR count). The Balaban J connectivity index is 1.24. The summed E-state index contributed by atoms with van der Waals surface area (Å²) in [6.07, 6.45) is 8.51. The molecule has 0 amide bonds. The Labute approximate surface area is 275 Å². The van der Waals surface area contributed by atoms with Gasteiger partial charge in [0.1, 0.15) is 6.17 Å². The van der Waals surface area contributed by atoms with E-state index in [0.29, 0.717) is 0 Å². The van der Waals surface area contributed by atoms with Crippen LogP contribution in [0.4, 0.5) is 5.69 Å². The van der Waals surface area contributed by atoms with Crippen LogP contribution in [0.3, 0.4) is 0 Å². The van der Waals surface area contributed by atoms with E-state index in [2.05, 4.69) is 167 Å². The average molecular weight is 621 g/mol. The summed E-state index contributed by atoms with van der Waals surface area (Å²) in [5.41, 5.74) is 9.91. The summed E-state index contributed by atoms with van der Waals surface area (Å²) >= 11 is 1.85. The van der Waals surface area contributed by atoms with Crippen LogP contribution in [0.5, 0.6) is 0 Å². The monoisotopic (exact) mass is 620 g/mol. The van der Waals surface area contributed by atoms with Gasteiger partial charge in [0, 0.05) is 42.5 Å². The van der Waals surface area contributed by atoms with E-state index >= 15 is 0 Å². The summed E-state index contributed by atoms with van der Waals surface area (Å²) in [6, 6.07) is 47.8. The van der Waals surface area contributed by atoms with Crippen molar-refractivity contribution in [1.82, 2.24) is 9.55 Å². The molecule has 5 aromatic carbocycles. The van der Waals surface area contributed by atoms with E-state index in [4.69, 9.17) is 9.98 Å². The summed E-state index contributed by atoms with van der Waals surface area (Å²) < 4.78 is 5.01. The summed E-state index contributed by atoms with van der Waals surface area (Å²) in [7, 11) is 0. The lowest BCUT2D eigenvalue weighted by molar-refractivity contribution is 0.696. The predicted molar refractivity (Wildman–Crippen MR) is 198 cm³/mol. The number of hydrogen-bond acceptors (Lipinski definition) is 4. The highest BCUT2D eigenvalue weighted by atomic mass is 32.1. The largest absolute Gasteiger partial charge is 0.334 e. The molecule has 0 saturated heterocycles. The maximum Gasteiger partial charge on any atom is 0.148 e.